The fourth-order valence-electron chi connectivity index (χ4n) is 5.44. The molecule has 2 fully saturated rings. The Bertz CT molecular complexity index is 476. The second-order valence-corrected chi connectivity index (χ2v) is 8.13. The maximum atomic E-state index is 11.6. The van der Waals surface area contributed by atoms with Crippen molar-refractivity contribution in [2.24, 2.45) is 22.7 Å². The molecule has 104 valence electrons. The Balaban J connectivity index is 1.76. The van der Waals surface area contributed by atoms with Gasteiger partial charge in [-0.25, -0.2) is 0 Å². The monoisotopic (exact) mass is 258 g/mol. The van der Waals surface area contributed by atoms with Gasteiger partial charge in [-0.2, -0.15) is 0 Å². The van der Waals surface area contributed by atoms with Crippen molar-refractivity contribution in [3.8, 4) is 0 Å². The molecule has 5 aliphatic carbocycles. The topological polar surface area (TPSA) is 20.2 Å². The zero-order valence-electron chi connectivity index (χ0n) is 12.3. The van der Waals surface area contributed by atoms with Gasteiger partial charge in [-0.1, -0.05) is 38.5 Å². The van der Waals surface area contributed by atoms with E-state index in [1.807, 2.05) is 0 Å². The lowest BCUT2D eigenvalue weighted by Gasteiger charge is -2.58. The van der Waals surface area contributed by atoms with E-state index in [0.717, 1.165) is 18.8 Å². The summed E-state index contributed by atoms with van der Waals surface area (Å²) < 4.78 is 0. The largest absolute Gasteiger partial charge is 0.385 e. The molecule has 1 N–H and O–H groups in total. The molecule has 0 saturated heterocycles. The summed E-state index contributed by atoms with van der Waals surface area (Å²) in [5.74, 6) is 1.54. The highest BCUT2D eigenvalue weighted by atomic mass is 16.3. The van der Waals surface area contributed by atoms with Gasteiger partial charge in [-0.15, -0.1) is 0 Å². The quantitative estimate of drug-likeness (QED) is 0.698. The van der Waals surface area contributed by atoms with E-state index in [1.54, 1.807) is 0 Å². The van der Waals surface area contributed by atoms with Gasteiger partial charge in [0.25, 0.3) is 0 Å². The maximum Gasteiger partial charge on any atom is 0.0955 e. The van der Waals surface area contributed by atoms with Crippen molar-refractivity contribution in [2.75, 3.05) is 0 Å². The van der Waals surface area contributed by atoms with Crippen molar-refractivity contribution in [1.82, 2.24) is 0 Å². The normalized spacial score (nSPS) is 55.4. The summed E-state index contributed by atoms with van der Waals surface area (Å²) in [7, 11) is 0. The van der Waals surface area contributed by atoms with Crippen LogP contribution in [0.25, 0.3) is 0 Å². The minimum Gasteiger partial charge on any atom is -0.385 e. The van der Waals surface area contributed by atoms with E-state index in [-0.39, 0.29) is 10.8 Å². The average Bonchev–Trinajstić information content (AvgIpc) is 2.93. The molecule has 0 radical (unpaired) electrons. The van der Waals surface area contributed by atoms with E-state index in [2.05, 4.69) is 32.1 Å². The van der Waals surface area contributed by atoms with Gasteiger partial charge in [-0.3, -0.25) is 0 Å². The summed E-state index contributed by atoms with van der Waals surface area (Å²) in [5, 5.41) is 11.6. The molecule has 0 heterocycles. The molecule has 1 heteroatoms. The highest BCUT2D eigenvalue weighted by Crippen LogP contribution is 2.63. The molecule has 5 aliphatic rings. The van der Waals surface area contributed by atoms with E-state index in [9.17, 15) is 5.11 Å². The van der Waals surface area contributed by atoms with Crippen LogP contribution in [0.2, 0.25) is 0 Å². The van der Waals surface area contributed by atoms with Crippen LogP contribution in [0.15, 0.2) is 23.8 Å². The van der Waals surface area contributed by atoms with Crippen molar-refractivity contribution in [3.05, 3.63) is 23.8 Å². The summed E-state index contributed by atoms with van der Waals surface area (Å²) in [5.41, 5.74) is 1.07. The van der Waals surface area contributed by atoms with Crippen LogP contribution in [0, 0.1) is 22.7 Å². The van der Waals surface area contributed by atoms with Crippen molar-refractivity contribution >= 4 is 0 Å². The molecule has 0 unspecified atom stereocenters. The molecule has 0 aromatic heterocycles. The Morgan fingerprint density at radius 1 is 1.16 bits per heavy atom. The zero-order valence-corrected chi connectivity index (χ0v) is 12.3. The zero-order chi connectivity index (χ0) is 13.3. The number of allylic oxidation sites excluding steroid dienone is 2. The summed E-state index contributed by atoms with van der Waals surface area (Å²) in [4.78, 5) is 0. The van der Waals surface area contributed by atoms with Gasteiger partial charge >= 0.3 is 0 Å². The van der Waals surface area contributed by atoms with Gasteiger partial charge in [0, 0.05) is 5.41 Å². The molecule has 0 amide bonds. The number of aliphatic hydroxyl groups is 1. The molecule has 19 heavy (non-hydrogen) atoms. The first-order valence-electron chi connectivity index (χ1n) is 8.09. The average molecular weight is 258 g/mol. The van der Waals surface area contributed by atoms with Gasteiger partial charge in [0.15, 0.2) is 0 Å². The number of hydrogen-bond donors (Lipinski definition) is 1. The fourth-order valence-corrected chi connectivity index (χ4v) is 5.44. The number of rotatable bonds is 1. The minimum atomic E-state index is -0.557. The molecule has 2 saturated carbocycles. The lowest BCUT2D eigenvalue weighted by atomic mass is 9.49. The Morgan fingerprint density at radius 2 is 2.00 bits per heavy atom. The molecule has 2 bridgehead atoms. The fraction of sp³-hybridized carbons (Fsp3) is 0.778. The highest BCUT2D eigenvalue weighted by Gasteiger charge is 2.59. The lowest BCUT2D eigenvalue weighted by molar-refractivity contribution is -0.0976. The molecule has 0 aromatic rings. The highest BCUT2D eigenvalue weighted by molar-refractivity contribution is 5.37. The van der Waals surface area contributed by atoms with Crippen molar-refractivity contribution in [1.29, 1.82) is 0 Å². The summed E-state index contributed by atoms with van der Waals surface area (Å²) in [6, 6.07) is 0. The standard InChI is InChI=1S/C18H26O/c1-16-8-10-17(2,11-9-16)18(19,12-16)15-7-6-13-4-3-5-14(13)15/h7-8,10,13-14,19H,3-6,9,11-12H2,1-2H3/t13-,14-,16-,17+,18-/m0/s1. The molecule has 0 aliphatic heterocycles. The van der Waals surface area contributed by atoms with Gasteiger partial charge in [0.2, 0.25) is 0 Å². The summed E-state index contributed by atoms with van der Waals surface area (Å²) >= 11 is 0. The van der Waals surface area contributed by atoms with Gasteiger partial charge in [-0.05, 0) is 61.3 Å². The molecule has 5 atom stereocenters. The third-order valence-corrected chi connectivity index (χ3v) is 6.85. The molecule has 0 aromatic carbocycles. The van der Waals surface area contributed by atoms with Gasteiger partial charge < -0.3 is 5.11 Å². The number of fused-ring (bicyclic) bond motifs is 3. The van der Waals surface area contributed by atoms with Crippen LogP contribution in [0.3, 0.4) is 0 Å². The first-order chi connectivity index (χ1) is 8.96. The van der Waals surface area contributed by atoms with E-state index >= 15 is 0 Å². The molecule has 1 nitrogen and oxygen atoms in total. The van der Waals surface area contributed by atoms with Crippen LogP contribution in [0.4, 0.5) is 0 Å². The van der Waals surface area contributed by atoms with E-state index in [4.69, 9.17) is 0 Å². The lowest BCUT2D eigenvalue weighted by Crippen LogP contribution is -2.57. The Kier molecular flexibility index (Phi) is 2.28. The van der Waals surface area contributed by atoms with Gasteiger partial charge in [0.05, 0.1) is 5.60 Å². The van der Waals surface area contributed by atoms with Crippen LogP contribution < -0.4 is 0 Å². The SMILES string of the molecule is C[C@]12C=C[C@](C)(CC1)[C@@](O)(C1=CC[C@@H]3CCC[C@H]13)C2. The van der Waals surface area contributed by atoms with Crippen molar-refractivity contribution < 1.29 is 5.11 Å². The van der Waals surface area contributed by atoms with Crippen LogP contribution >= 0.6 is 0 Å². The first kappa shape index (κ1) is 12.2. The van der Waals surface area contributed by atoms with E-state index in [0.29, 0.717) is 5.92 Å². The first-order valence-corrected chi connectivity index (χ1v) is 8.09. The molecule has 0 spiro atoms. The molecular formula is C18H26O. The summed E-state index contributed by atoms with van der Waals surface area (Å²) in [6.07, 6.45) is 15.7. The predicted molar refractivity (Wildman–Crippen MR) is 77.7 cm³/mol. The van der Waals surface area contributed by atoms with Crippen LogP contribution in [-0.2, 0) is 0 Å². The minimum absolute atomic E-state index is 0.0198. The van der Waals surface area contributed by atoms with Crippen molar-refractivity contribution in [2.45, 2.75) is 64.4 Å². The van der Waals surface area contributed by atoms with Crippen molar-refractivity contribution in [3.63, 3.8) is 0 Å². The second kappa shape index (κ2) is 3.55. The third-order valence-electron chi connectivity index (χ3n) is 6.85. The van der Waals surface area contributed by atoms with E-state index in [1.165, 1.54) is 37.7 Å². The Labute approximate surface area is 116 Å². The van der Waals surface area contributed by atoms with Crippen LogP contribution in [0.5, 0.6) is 0 Å². The van der Waals surface area contributed by atoms with Gasteiger partial charge in [0.1, 0.15) is 0 Å². The third kappa shape index (κ3) is 1.46. The summed E-state index contributed by atoms with van der Waals surface area (Å²) in [6.45, 7) is 4.61. The van der Waals surface area contributed by atoms with E-state index < -0.39 is 5.60 Å². The van der Waals surface area contributed by atoms with Crippen LogP contribution in [-0.4, -0.2) is 10.7 Å². The Hall–Kier alpha value is -0.560. The second-order valence-electron chi connectivity index (χ2n) is 8.13. The maximum absolute atomic E-state index is 11.6. The Morgan fingerprint density at radius 3 is 2.74 bits per heavy atom. The van der Waals surface area contributed by atoms with Crippen LogP contribution in [0.1, 0.15) is 58.8 Å². The number of hydrogen-bond acceptors (Lipinski definition) is 1. The molecule has 5 rings (SSSR count). The molecular weight excluding hydrogens is 232 g/mol. The predicted octanol–water partition coefficient (Wildman–Crippen LogP) is 4.23. The smallest absolute Gasteiger partial charge is 0.0955 e.